The van der Waals surface area contributed by atoms with Crippen molar-refractivity contribution in [3.63, 3.8) is 0 Å². The summed E-state index contributed by atoms with van der Waals surface area (Å²) >= 11 is 0. The fourth-order valence-corrected chi connectivity index (χ4v) is 3.17. The lowest BCUT2D eigenvalue weighted by Gasteiger charge is -2.15. The second kappa shape index (κ2) is 7.12. The van der Waals surface area contributed by atoms with Crippen molar-refractivity contribution in [1.82, 2.24) is 10.4 Å². The van der Waals surface area contributed by atoms with Gasteiger partial charge in [0.05, 0.1) is 11.8 Å². The number of carbonyl (C=O) groups excluding carboxylic acids is 1. The highest BCUT2D eigenvalue weighted by Gasteiger charge is 2.31. The molecule has 1 aliphatic heterocycles. The van der Waals surface area contributed by atoms with Crippen molar-refractivity contribution in [1.29, 1.82) is 0 Å². The van der Waals surface area contributed by atoms with Crippen LogP contribution < -0.4 is 15.3 Å². The molecule has 3 aromatic rings. The molecule has 2 aromatic carbocycles. The lowest BCUT2D eigenvalue weighted by molar-refractivity contribution is -0.741. The quantitative estimate of drug-likeness (QED) is 0.582. The molecule has 29 heavy (non-hydrogen) atoms. The molecular weight excluding hydrogens is 376 g/mol. The van der Waals surface area contributed by atoms with Crippen LogP contribution in [0.1, 0.15) is 24.2 Å². The molecule has 0 spiro atoms. The van der Waals surface area contributed by atoms with Crippen LogP contribution in [0.15, 0.2) is 59.6 Å². The zero-order valence-corrected chi connectivity index (χ0v) is 16.0. The van der Waals surface area contributed by atoms with Crippen molar-refractivity contribution in [3.05, 3.63) is 71.8 Å². The molecule has 0 unspecified atom stereocenters. The lowest BCUT2D eigenvalue weighted by Crippen LogP contribution is -2.45. The Kier molecular flexibility index (Phi) is 4.62. The van der Waals surface area contributed by atoms with E-state index in [4.69, 9.17) is 0 Å². The SMILES string of the molecule is CC1(C)C[n+]2[nH]c(-c3ccc(F)cc3)cc2NC(NC(=O)c2ccc(F)cc2)=N1. The summed E-state index contributed by atoms with van der Waals surface area (Å²) in [6.45, 7) is 4.42. The van der Waals surface area contributed by atoms with Gasteiger partial charge in [-0.05, 0) is 62.4 Å². The number of nitrogens with zero attached hydrogens (tertiary/aromatic N) is 2. The van der Waals surface area contributed by atoms with E-state index in [1.165, 1.54) is 36.4 Å². The third kappa shape index (κ3) is 4.16. The number of fused-ring (bicyclic) bond motifs is 1. The first-order valence-corrected chi connectivity index (χ1v) is 9.12. The first-order valence-electron chi connectivity index (χ1n) is 9.12. The molecule has 4 rings (SSSR count). The monoisotopic (exact) mass is 396 g/mol. The number of guanidine groups is 1. The number of benzene rings is 2. The summed E-state index contributed by atoms with van der Waals surface area (Å²) in [5.41, 5.74) is 1.45. The fourth-order valence-electron chi connectivity index (χ4n) is 3.17. The third-order valence-corrected chi connectivity index (χ3v) is 4.53. The molecule has 0 aliphatic carbocycles. The van der Waals surface area contributed by atoms with E-state index >= 15 is 0 Å². The molecule has 1 amide bonds. The maximum atomic E-state index is 13.2. The second-order valence-corrected chi connectivity index (χ2v) is 7.51. The third-order valence-electron chi connectivity index (χ3n) is 4.53. The van der Waals surface area contributed by atoms with E-state index in [1.807, 2.05) is 24.6 Å². The van der Waals surface area contributed by atoms with Crippen molar-refractivity contribution < 1.29 is 18.3 Å². The van der Waals surface area contributed by atoms with E-state index in [1.54, 1.807) is 12.1 Å². The number of carbonyl (C=O) groups is 1. The van der Waals surface area contributed by atoms with Crippen LogP contribution in [0.25, 0.3) is 11.3 Å². The number of nitrogens with one attached hydrogen (secondary N) is 3. The van der Waals surface area contributed by atoms with Crippen LogP contribution >= 0.6 is 0 Å². The molecule has 0 radical (unpaired) electrons. The molecule has 2 heterocycles. The molecule has 6 nitrogen and oxygen atoms in total. The van der Waals surface area contributed by atoms with Gasteiger partial charge < -0.3 is 0 Å². The molecule has 148 valence electrons. The van der Waals surface area contributed by atoms with Crippen LogP contribution in [0.3, 0.4) is 0 Å². The zero-order chi connectivity index (χ0) is 20.6. The van der Waals surface area contributed by atoms with Gasteiger partial charge in [0.15, 0.2) is 0 Å². The fraction of sp³-hybridized carbons (Fsp3) is 0.190. The number of halogens is 2. The Labute approximate surface area is 166 Å². The van der Waals surface area contributed by atoms with E-state index in [-0.39, 0.29) is 5.82 Å². The number of H-pyrrole nitrogens is 1. The number of aromatic amines is 1. The number of rotatable bonds is 2. The summed E-state index contributed by atoms with van der Waals surface area (Å²) in [4.78, 5) is 17.1. The predicted molar refractivity (Wildman–Crippen MR) is 105 cm³/mol. The van der Waals surface area contributed by atoms with Crippen LogP contribution in [-0.4, -0.2) is 22.5 Å². The average Bonchev–Trinajstić information content (AvgIpc) is 2.98. The first kappa shape index (κ1) is 18.8. The summed E-state index contributed by atoms with van der Waals surface area (Å²) in [6.07, 6.45) is 0. The lowest BCUT2D eigenvalue weighted by atomic mass is 10.1. The second-order valence-electron chi connectivity index (χ2n) is 7.51. The largest absolute Gasteiger partial charge is 0.303 e. The molecule has 1 aliphatic rings. The molecular formula is C21H20F2N5O+. The Bertz CT molecular complexity index is 1090. The Hall–Kier alpha value is -3.55. The Morgan fingerprint density at radius 1 is 1.07 bits per heavy atom. The van der Waals surface area contributed by atoms with Gasteiger partial charge in [-0.25, -0.2) is 24.2 Å². The topological polar surface area (TPSA) is 73.2 Å². The summed E-state index contributed by atoms with van der Waals surface area (Å²) in [5.74, 6) is -0.107. The van der Waals surface area contributed by atoms with E-state index in [0.717, 1.165) is 11.3 Å². The molecule has 0 saturated carbocycles. The minimum atomic E-state index is -0.515. The Balaban J connectivity index is 1.61. The predicted octanol–water partition coefficient (Wildman–Crippen LogP) is 3.24. The molecule has 0 saturated heterocycles. The van der Waals surface area contributed by atoms with Crippen molar-refractivity contribution in [3.8, 4) is 11.3 Å². The summed E-state index contributed by atoms with van der Waals surface area (Å²) < 4.78 is 28.2. The van der Waals surface area contributed by atoms with Crippen LogP contribution in [0.2, 0.25) is 0 Å². The summed E-state index contributed by atoms with van der Waals surface area (Å²) in [6, 6.07) is 13.3. The molecule has 3 N–H and O–H groups in total. The first-order chi connectivity index (χ1) is 13.8. The van der Waals surface area contributed by atoms with Gasteiger partial charge in [-0.15, -0.1) is 0 Å². The Morgan fingerprint density at radius 2 is 1.69 bits per heavy atom. The van der Waals surface area contributed by atoms with Gasteiger partial charge in [0.25, 0.3) is 11.9 Å². The highest BCUT2D eigenvalue weighted by molar-refractivity contribution is 6.09. The van der Waals surface area contributed by atoms with E-state index in [9.17, 15) is 13.6 Å². The minimum Gasteiger partial charge on any atom is -0.272 e. The van der Waals surface area contributed by atoms with Crippen LogP contribution in [0.4, 0.5) is 14.6 Å². The number of aromatic nitrogens is 2. The normalized spacial score (nSPS) is 15.0. The van der Waals surface area contributed by atoms with E-state index in [2.05, 4.69) is 20.7 Å². The maximum Gasteiger partial charge on any atom is 0.303 e. The van der Waals surface area contributed by atoms with Crippen molar-refractivity contribution in [2.45, 2.75) is 25.9 Å². The van der Waals surface area contributed by atoms with Gasteiger partial charge in [0.1, 0.15) is 23.7 Å². The van der Waals surface area contributed by atoms with Gasteiger partial charge in [-0.1, -0.05) is 0 Å². The number of aliphatic imine (C=N–C) groups is 1. The number of anilines is 1. The van der Waals surface area contributed by atoms with Crippen molar-refractivity contribution >= 4 is 17.7 Å². The van der Waals surface area contributed by atoms with Gasteiger partial charge in [0.2, 0.25) is 0 Å². The molecule has 0 atom stereocenters. The molecule has 1 aromatic heterocycles. The zero-order valence-electron chi connectivity index (χ0n) is 16.0. The maximum absolute atomic E-state index is 13.2. The van der Waals surface area contributed by atoms with Gasteiger partial charge in [-0.3, -0.25) is 10.1 Å². The number of hydrogen-bond acceptors (Lipinski definition) is 3. The number of amides is 1. The van der Waals surface area contributed by atoms with E-state index < -0.39 is 17.3 Å². The average molecular weight is 396 g/mol. The minimum absolute atomic E-state index is 0.292. The van der Waals surface area contributed by atoms with Crippen molar-refractivity contribution in [2.24, 2.45) is 4.99 Å². The molecule has 0 fully saturated rings. The summed E-state index contributed by atoms with van der Waals surface area (Å²) in [7, 11) is 0. The molecule has 8 heteroatoms. The molecule has 0 bridgehead atoms. The van der Waals surface area contributed by atoms with Gasteiger partial charge >= 0.3 is 5.82 Å². The Morgan fingerprint density at radius 3 is 2.34 bits per heavy atom. The van der Waals surface area contributed by atoms with E-state index in [0.29, 0.717) is 23.9 Å². The summed E-state index contributed by atoms with van der Waals surface area (Å²) in [5, 5.41) is 9.16. The van der Waals surface area contributed by atoms with Crippen LogP contribution in [0, 0.1) is 11.6 Å². The van der Waals surface area contributed by atoms with Crippen LogP contribution in [-0.2, 0) is 6.54 Å². The number of hydrogen-bond donors (Lipinski definition) is 3. The smallest absolute Gasteiger partial charge is 0.272 e. The van der Waals surface area contributed by atoms with Crippen molar-refractivity contribution in [2.75, 3.05) is 5.32 Å². The van der Waals surface area contributed by atoms with Crippen LogP contribution in [0.5, 0.6) is 0 Å². The van der Waals surface area contributed by atoms with Gasteiger partial charge in [-0.2, -0.15) is 4.68 Å². The standard InChI is InChI=1S/C21H19F2N5O/c1-21(2)12-28-18(11-17(27-28)13-3-7-15(22)8-4-13)24-20(26-21)25-19(29)14-5-9-16(23)10-6-14/h3-11H,12H2,1-2H3,(H2,24,25,26,27,29)/p+1. The highest BCUT2D eigenvalue weighted by atomic mass is 19.1. The van der Waals surface area contributed by atoms with Gasteiger partial charge in [0, 0.05) is 11.1 Å². The highest BCUT2D eigenvalue weighted by Crippen LogP contribution is 2.22.